The molecule has 7 nitrogen and oxygen atoms in total. The number of anilines is 1. The van der Waals surface area contributed by atoms with Crippen LogP contribution in [0.3, 0.4) is 0 Å². The second kappa shape index (κ2) is 8.58. The number of methoxy groups -OCH3 is 1. The molecule has 0 aliphatic heterocycles. The van der Waals surface area contributed by atoms with Gasteiger partial charge >= 0.3 is 21.3 Å². The number of nitrogens with zero attached hydrogens (tertiary/aromatic N) is 2. The van der Waals surface area contributed by atoms with Crippen molar-refractivity contribution in [3.63, 3.8) is 0 Å². The predicted octanol–water partition coefficient (Wildman–Crippen LogP) is 2.63. The lowest BCUT2D eigenvalue weighted by molar-refractivity contribution is -0.0510. The number of halogens is 3. The van der Waals surface area contributed by atoms with Gasteiger partial charge in [-0.05, 0) is 24.3 Å². The van der Waals surface area contributed by atoms with Crippen molar-refractivity contribution in [2.24, 2.45) is 0 Å². The largest absolute Gasteiger partial charge is 0.522 e. The molecule has 0 amide bonds. The molecule has 1 aromatic rings. The van der Waals surface area contributed by atoms with E-state index in [4.69, 9.17) is 23.2 Å². The van der Waals surface area contributed by atoms with Gasteiger partial charge in [-0.2, -0.15) is 26.4 Å². The molecule has 0 aromatic heterocycles. The van der Waals surface area contributed by atoms with Gasteiger partial charge in [-0.15, -0.1) is 0 Å². The van der Waals surface area contributed by atoms with Crippen molar-refractivity contribution in [2.75, 3.05) is 12.4 Å². The zero-order valence-electron chi connectivity index (χ0n) is 12.8. The molecule has 2 N–H and O–H groups in total. The van der Waals surface area contributed by atoms with Crippen molar-refractivity contribution in [2.45, 2.75) is 11.6 Å². The summed E-state index contributed by atoms with van der Waals surface area (Å²) in [5.41, 5.74) is 5.66. The molecule has 0 radical (unpaired) electrons. The Morgan fingerprint density at radius 2 is 1.84 bits per heavy atom. The Hall–Kier alpha value is -2.46. The molecule has 2 rings (SSSR count). The quantitative estimate of drug-likeness (QED) is 0.364. The van der Waals surface area contributed by atoms with Crippen molar-refractivity contribution in [1.29, 1.82) is 0 Å². The lowest BCUT2D eigenvalue weighted by Crippen LogP contribution is -2.23. The summed E-state index contributed by atoms with van der Waals surface area (Å²) in [4.78, 5) is 3.22. The first-order chi connectivity index (χ1) is 11.6. The number of alkyl halides is 3. The minimum absolute atomic E-state index is 0.290. The second-order valence-corrected chi connectivity index (χ2v) is 5.96. The van der Waals surface area contributed by atoms with E-state index in [-0.39, 0.29) is 6.10 Å². The van der Waals surface area contributed by atoms with Crippen LogP contribution in [0, 0.1) is 0 Å². The number of hydrogen-bond donors (Lipinski definition) is 2. The lowest BCUT2D eigenvalue weighted by Gasteiger charge is -2.12. The fraction of sp³-hybridized carbons (Fsp3) is 0.214. The van der Waals surface area contributed by atoms with Crippen LogP contribution >= 0.6 is 0 Å². The van der Waals surface area contributed by atoms with Gasteiger partial charge in [0, 0.05) is 24.6 Å². The Morgan fingerprint density at radius 3 is 2.28 bits per heavy atom. The normalized spacial score (nSPS) is 17.1. The molecule has 136 valence electrons. The van der Waals surface area contributed by atoms with Crippen molar-refractivity contribution >= 4 is 21.5 Å². The topological polar surface area (TPSA) is 112 Å². The highest BCUT2D eigenvalue weighted by Crippen LogP contribution is 2.20. The molecule has 0 spiro atoms. The van der Waals surface area contributed by atoms with Crippen LogP contribution in [0.5, 0.6) is 0 Å². The summed E-state index contributed by atoms with van der Waals surface area (Å²) in [6, 6.07) is 9.79. The monoisotopic (exact) mass is 377 g/mol. The van der Waals surface area contributed by atoms with E-state index in [1.54, 1.807) is 13.2 Å². The maximum Gasteiger partial charge on any atom is 0.522 e. The van der Waals surface area contributed by atoms with E-state index in [1.807, 2.05) is 42.5 Å². The van der Waals surface area contributed by atoms with Gasteiger partial charge in [0.15, 0.2) is 6.10 Å². The van der Waals surface area contributed by atoms with Crippen LogP contribution in [0.4, 0.5) is 18.9 Å². The van der Waals surface area contributed by atoms with E-state index >= 15 is 0 Å². The zero-order valence-corrected chi connectivity index (χ0v) is 13.6. The van der Waals surface area contributed by atoms with Crippen LogP contribution in [-0.4, -0.2) is 42.2 Å². The van der Waals surface area contributed by atoms with Gasteiger partial charge in [-0.3, -0.25) is 4.55 Å². The number of rotatable bonds is 3. The van der Waals surface area contributed by atoms with Gasteiger partial charge < -0.3 is 15.6 Å². The standard InChI is InChI=1S/C13H13N3O.CHF3O3S/c1-17-13-8-7-11(9-12(13)16-14)15-10-5-3-2-4-6-10;2-1(3,4)8(5,6)7/h2-9,13,15H,1H3;(H,5,6,7). The minimum atomic E-state index is -5.84. The second-order valence-electron chi connectivity index (χ2n) is 4.55. The van der Waals surface area contributed by atoms with E-state index < -0.39 is 15.6 Å². The molecule has 1 aromatic carbocycles. The third-order valence-corrected chi connectivity index (χ3v) is 3.35. The van der Waals surface area contributed by atoms with Gasteiger partial charge in [0.05, 0.1) is 0 Å². The van der Waals surface area contributed by atoms with Gasteiger partial charge in [-0.25, -0.2) is 0 Å². The van der Waals surface area contributed by atoms with Crippen LogP contribution in [0.25, 0.3) is 5.53 Å². The molecule has 25 heavy (non-hydrogen) atoms. The number of hydrogen-bond acceptors (Lipinski definition) is 4. The van der Waals surface area contributed by atoms with Gasteiger partial charge in [0.2, 0.25) is 0 Å². The Kier molecular flexibility index (Phi) is 7.07. The highest BCUT2D eigenvalue weighted by Gasteiger charge is 2.44. The first-order valence-corrected chi connectivity index (χ1v) is 8.03. The molecule has 1 unspecified atom stereocenters. The molecule has 1 atom stereocenters. The highest BCUT2D eigenvalue weighted by molar-refractivity contribution is 7.86. The molecule has 0 bridgehead atoms. The first-order valence-electron chi connectivity index (χ1n) is 6.59. The first kappa shape index (κ1) is 20.6. The van der Waals surface area contributed by atoms with Crippen LogP contribution in [-0.2, 0) is 14.9 Å². The molecule has 0 saturated carbocycles. The summed E-state index contributed by atoms with van der Waals surface area (Å²) in [6.07, 6.45) is 5.19. The van der Waals surface area contributed by atoms with Crippen molar-refractivity contribution in [3.8, 4) is 0 Å². The SMILES string of the molecule is COC1C=CC(Nc2ccccc2)=CC1=[N+]=[N-].O=S(=O)(O)C(F)(F)F. The van der Waals surface area contributed by atoms with Gasteiger partial charge in [0.1, 0.15) is 0 Å². The molecular formula is C14H14F3N3O4S. The van der Waals surface area contributed by atoms with Crippen molar-refractivity contribution in [3.05, 3.63) is 59.8 Å². The molecule has 0 fully saturated rings. The summed E-state index contributed by atoms with van der Waals surface area (Å²) >= 11 is 0. The smallest absolute Gasteiger partial charge is 0.365 e. The summed E-state index contributed by atoms with van der Waals surface area (Å²) in [5.74, 6) is 0. The Bertz CT molecular complexity index is 798. The highest BCUT2D eigenvalue weighted by atomic mass is 32.2. The summed E-state index contributed by atoms with van der Waals surface area (Å²) in [5, 5.41) is 3.22. The number of ether oxygens (including phenoxy) is 1. The zero-order chi connectivity index (χ0) is 19.1. The van der Waals surface area contributed by atoms with Crippen molar-refractivity contribution in [1.82, 2.24) is 0 Å². The van der Waals surface area contributed by atoms with E-state index in [0.29, 0.717) is 5.71 Å². The van der Waals surface area contributed by atoms with E-state index in [0.717, 1.165) is 11.4 Å². The van der Waals surface area contributed by atoms with Crippen molar-refractivity contribution < 1.29 is 35.7 Å². The fourth-order valence-corrected chi connectivity index (χ4v) is 1.63. The average Bonchev–Trinajstić information content (AvgIpc) is 2.54. The van der Waals surface area contributed by atoms with Crippen LogP contribution < -0.4 is 5.32 Å². The number of nitrogens with one attached hydrogen (secondary N) is 1. The van der Waals surface area contributed by atoms with E-state index in [1.165, 1.54) is 0 Å². The summed E-state index contributed by atoms with van der Waals surface area (Å²) < 4.78 is 62.7. The Balaban J connectivity index is 0.000000333. The molecule has 0 saturated heterocycles. The molecular weight excluding hydrogens is 363 g/mol. The van der Waals surface area contributed by atoms with Crippen LogP contribution in [0.15, 0.2) is 54.3 Å². The maximum absolute atomic E-state index is 10.7. The summed E-state index contributed by atoms with van der Waals surface area (Å²) in [6.45, 7) is 0. The maximum atomic E-state index is 10.7. The van der Waals surface area contributed by atoms with E-state index in [9.17, 15) is 13.2 Å². The Labute approximate surface area is 141 Å². The lowest BCUT2D eigenvalue weighted by atomic mass is 10.1. The Morgan fingerprint density at radius 1 is 1.28 bits per heavy atom. The van der Waals surface area contributed by atoms with Gasteiger partial charge in [-0.1, -0.05) is 18.2 Å². The van der Waals surface area contributed by atoms with Crippen LogP contribution in [0.1, 0.15) is 0 Å². The average molecular weight is 377 g/mol. The number of para-hydroxylation sites is 1. The molecule has 0 heterocycles. The van der Waals surface area contributed by atoms with Crippen LogP contribution in [0.2, 0.25) is 0 Å². The fourth-order valence-electron chi connectivity index (χ4n) is 1.63. The number of benzene rings is 1. The molecule has 1 aliphatic carbocycles. The van der Waals surface area contributed by atoms with E-state index in [2.05, 4.69) is 10.1 Å². The molecule has 11 heteroatoms. The summed E-state index contributed by atoms with van der Waals surface area (Å²) in [7, 11) is -4.27. The number of allylic oxidation sites excluding steroid dienone is 1. The third-order valence-electron chi connectivity index (χ3n) is 2.77. The minimum Gasteiger partial charge on any atom is -0.365 e. The molecule has 1 aliphatic rings. The van der Waals surface area contributed by atoms with Gasteiger partial charge in [0.25, 0.3) is 0 Å². The predicted molar refractivity (Wildman–Crippen MR) is 84.3 cm³/mol. The third kappa shape index (κ3) is 6.51.